The quantitative estimate of drug-likeness (QED) is 0.167. The van der Waals surface area contributed by atoms with E-state index in [1.54, 1.807) is 24.3 Å². The smallest absolute Gasteiger partial charge is 0.309 e. The first-order valence-electron chi connectivity index (χ1n) is 12.7. The topological polar surface area (TPSA) is 105 Å². The van der Waals surface area contributed by atoms with E-state index in [1.807, 2.05) is 30.3 Å². The lowest BCUT2D eigenvalue weighted by atomic mass is 9.96. The summed E-state index contributed by atoms with van der Waals surface area (Å²) in [5.41, 5.74) is 1.79. The summed E-state index contributed by atoms with van der Waals surface area (Å²) in [6.07, 6.45) is 4.68. The van der Waals surface area contributed by atoms with Crippen molar-refractivity contribution in [1.29, 1.82) is 0 Å². The summed E-state index contributed by atoms with van der Waals surface area (Å²) in [7, 11) is 0. The molecule has 3 N–H and O–H groups in total. The van der Waals surface area contributed by atoms with Gasteiger partial charge in [0.25, 0.3) is 0 Å². The maximum absolute atomic E-state index is 13.1. The third-order valence-corrected chi connectivity index (χ3v) is 5.99. The van der Waals surface area contributed by atoms with Crippen LogP contribution in [0.1, 0.15) is 30.4 Å². The van der Waals surface area contributed by atoms with Gasteiger partial charge >= 0.3 is 5.97 Å². The highest BCUT2D eigenvalue weighted by Crippen LogP contribution is 2.16. The summed E-state index contributed by atoms with van der Waals surface area (Å²) in [5.74, 6) is -2.60. The first kappa shape index (κ1) is 30.4. The van der Waals surface area contributed by atoms with Gasteiger partial charge < -0.3 is 20.5 Å². The van der Waals surface area contributed by atoms with Crippen molar-refractivity contribution < 1.29 is 28.6 Å². The fraction of sp³-hybridized carbons (Fsp3) is 0.367. The number of carbonyl (C=O) groups is 3. The summed E-state index contributed by atoms with van der Waals surface area (Å²) < 4.78 is 18.5. The molecule has 204 valence electrons. The fourth-order valence-corrected chi connectivity index (χ4v) is 4.01. The van der Waals surface area contributed by atoms with Gasteiger partial charge in [0.2, 0.25) is 11.8 Å². The van der Waals surface area contributed by atoms with Crippen LogP contribution in [0.2, 0.25) is 0 Å². The Morgan fingerprint density at radius 2 is 1.55 bits per heavy atom. The zero-order valence-electron chi connectivity index (χ0n) is 21.6. The molecule has 0 aliphatic carbocycles. The van der Waals surface area contributed by atoms with Crippen LogP contribution in [-0.2, 0) is 32.0 Å². The van der Waals surface area contributed by atoms with E-state index in [-0.39, 0.29) is 43.8 Å². The molecule has 38 heavy (non-hydrogen) atoms. The van der Waals surface area contributed by atoms with Crippen LogP contribution in [0.25, 0.3) is 0 Å². The van der Waals surface area contributed by atoms with Gasteiger partial charge in [0.1, 0.15) is 12.4 Å². The van der Waals surface area contributed by atoms with Crippen molar-refractivity contribution in [3.8, 4) is 0 Å². The van der Waals surface area contributed by atoms with Gasteiger partial charge in [0.15, 0.2) is 0 Å². The second kappa shape index (κ2) is 16.9. The van der Waals surface area contributed by atoms with E-state index in [0.717, 1.165) is 11.1 Å². The maximum Gasteiger partial charge on any atom is 0.309 e. The molecular formula is C30H37FN2O5. The number of amides is 2. The SMILES string of the molecule is C=CC[C@@H](CC(=O)N[C@H](CO)Cc1ccccc1)C(=O)NCCOC(=O)[C@@H](CC=C)Cc1ccc(F)cc1. The average Bonchev–Trinajstić information content (AvgIpc) is 2.91. The summed E-state index contributed by atoms with van der Waals surface area (Å²) >= 11 is 0. The molecule has 0 aliphatic rings. The van der Waals surface area contributed by atoms with Crippen LogP contribution >= 0.6 is 0 Å². The molecule has 0 bridgehead atoms. The Morgan fingerprint density at radius 3 is 2.18 bits per heavy atom. The van der Waals surface area contributed by atoms with Gasteiger partial charge in [0.05, 0.1) is 31.0 Å². The van der Waals surface area contributed by atoms with E-state index in [4.69, 9.17) is 4.74 Å². The predicted octanol–water partition coefficient (Wildman–Crippen LogP) is 3.52. The van der Waals surface area contributed by atoms with Crippen molar-refractivity contribution in [1.82, 2.24) is 10.6 Å². The molecule has 0 aliphatic heterocycles. The molecule has 2 aromatic rings. The summed E-state index contributed by atoms with van der Waals surface area (Å²) in [4.78, 5) is 37.8. The Kier molecular flexibility index (Phi) is 13.5. The van der Waals surface area contributed by atoms with Crippen LogP contribution in [0.5, 0.6) is 0 Å². The van der Waals surface area contributed by atoms with Gasteiger partial charge in [0, 0.05) is 6.42 Å². The van der Waals surface area contributed by atoms with E-state index in [0.29, 0.717) is 25.7 Å². The minimum atomic E-state index is -0.647. The number of aliphatic hydroxyl groups is 1. The van der Waals surface area contributed by atoms with Gasteiger partial charge in [-0.25, -0.2) is 4.39 Å². The highest BCUT2D eigenvalue weighted by molar-refractivity contribution is 5.86. The number of allylic oxidation sites excluding steroid dienone is 2. The van der Waals surface area contributed by atoms with Gasteiger partial charge in [-0.15, -0.1) is 13.2 Å². The number of aliphatic hydroxyl groups excluding tert-OH is 1. The summed E-state index contributed by atoms with van der Waals surface area (Å²) in [5, 5.41) is 15.2. The van der Waals surface area contributed by atoms with Gasteiger partial charge in [-0.2, -0.15) is 0 Å². The van der Waals surface area contributed by atoms with Crippen LogP contribution in [0.15, 0.2) is 79.9 Å². The highest BCUT2D eigenvalue weighted by atomic mass is 19.1. The third kappa shape index (κ3) is 11.1. The summed E-state index contributed by atoms with van der Waals surface area (Å²) in [6.45, 7) is 7.19. The zero-order chi connectivity index (χ0) is 27.8. The molecule has 0 fully saturated rings. The van der Waals surface area contributed by atoms with E-state index in [2.05, 4.69) is 23.8 Å². The van der Waals surface area contributed by atoms with E-state index < -0.39 is 23.8 Å². The fourth-order valence-electron chi connectivity index (χ4n) is 4.01. The largest absolute Gasteiger partial charge is 0.464 e. The average molecular weight is 525 g/mol. The highest BCUT2D eigenvalue weighted by Gasteiger charge is 2.23. The van der Waals surface area contributed by atoms with Crippen molar-refractivity contribution in [2.75, 3.05) is 19.8 Å². The van der Waals surface area contributed by atoms with E-state index >= 15 is 0 Å². The van der Waals surface area contributed by atoms with E-state index in [1.165, 1.54) is 12.1 Å². The first-order chi connectivity index (χ1) is 18.4. The summed E-state index contributed by atoms with van der Waals surface area (Å²) in [6, 6.07) is 15.0. The molecule has 0 saturated heterocycles. The van der Waals surface area contributed by atoms with Crippen LogP contribution < -0.4 is 10.6 Å². The number of benzene rings is 2. The van der Waals surface area contributed by atoms with Crippen molar-refractivity contribution in [2.24, 2.45) is 11.8 Å². The molecule has 2 rings (SSSR count). The predicted molar refractivity (Wildman–Crippen MR) is 144 cm³/mol. The van der Waals surface area contributed by atoms with E-state index in [9.17, 15) is 23.9 Å². The molecule has 0 heterocycles. The zero-order valence-corrected chi connectivity index (χ0v) is 21.6. The number of esters is 1. The molecular weight excluding hydrogens is 487 g/mol. The van der Waals surface area contributed by atoms with Gasteiger partial charge in [-0.05, 0) is 48.9 Å². The number of halogens is 1. The lowest BCUT2D eigenvalue weighted by Gasteiger charge is -2.19. The number of hydrogen-bond acceptors (Lipinski definition) is 5. The molecule has 0 unspecified atom stereocenters. The van der Waals surface area contributed by atoms with Crippen LogP contribution in [0.3, 0.4) is 0 Å². The molecule has 2 amide bonds. The Bertz CT molecular complexity index is 1040. The number of carbonyl (C=O) groups excluding carboxylic acids is 3. The van der Waals surface area contributed by atoms with Crippen molar-refractivity contribution in [3.63, 3.8) is 0 Å². The van der Waals surface area contributed by atoms with Crippen LogP contribution in [0, 0.1) is 17.7 Å². The molecule has 0 radical (unpaired) electrons. The Balaban J connectivity index is 1.80. The Labute approximate surface area is 223 Å². The Morgan fingerprint density at radius 1 is 0.921 bits per heavy atom. The molecule has 0 aromatic heterocycles. The maximum atomic E-state index is 13.1. The minimum absolute atomic E-state index is 0.0295. The third-order valence-electron chi connectivity index (χ3n) is 5.99. The second-order valence-corrected chi connectivity index (χ2v) is 9.07. The standard InChI is InChI=1S/C30H37FN2O5/c1-3-8-24(20-28(35)33-27(21-34)19-22-10-6-5-7-11-22)29(36)32-16-17-38-30(37)25(9-4-2)18-23-12-14-26(31)15-13-23/h3-7,10-15,24-25,27,34H,1-2,8-9,16-21H2,(H,32,36)(H,33,35)/t24-,25-,27-/m0/s1. The number of hydrogen-bond donors (Lipinski definition) is 3. The molecule has 8 heteroatoms. The van der Waals surface area contributed by atoms with Crippen LogP contribution in [-0.4, -0.2) is 48.7 Å². The normalized spacial score (nSPS) is 13.0. The second-order valence-electron chi connectivity index (χ2n) is 9.07. The monoisotopic (exact) mass is 524 g/mol. The lowest BCUT2D eigenvalue weighted by molar-refractivity contribution is -0.148. The van der Waals surface area contributed by atoms with Crippen LogP contribution in [0.4, 0.5) is 4.39 Å². The van der Waals surface area contributed by atoms with Crippen molar-refractivity contribution in [2.45, 2.75) is 38.1 Å². The molecule has 7 nitrogen and oxygen atoms in total. The van der Waals surface area contributed by atoms with Crippen molar-refractivity contribution >= 4 is 17.8 Å². The number of rotatable bonds is 17. The molecule has 2 aromatic carbocycles. The first-order valence-corrected chi connectivity index (χ1v) is 12.7. The minimum Gasteiger partial charge on any atom is -0.464 e. The molecule has 0 spiro atoms. The molecule has 0 saturated carbocycles. The number of nitrogens with one attached hydrogen (secondary N) is 2. The molecule has 3 atom stereocenters. The number of ether oxygens (including phenoxy) is 1. The van der Waals surface area contributed by atoms with Gasteiger partial charge in [-0.3, -0.25) is 14.4 Å². The van der Waals surface area contributed by atoms with Crippen molar-refractivity contribution in [3.05, 3.63) is 96.9 Å². The lowest BCUT2D eigenvalue weighted by Crippen LogP contribution is -2.42. The Hall–Kier alpha value is -3.78. The van der Waals surface area contributed by atoms with Gasteiger partial charge in [-0.1, -0.05) is 54.6 Å².